The predicted molar refractivity (Wildman–Crippen MR) is 161 cm³/mol. The van der Waals surface area contributed by atoms with E-state index in [1.165, 1.54) is 24.3 Å². The average molecular weight is 557 g/mol. The second kappa shape index (κ2) is 13.0. The Balaban J connectivity index is 1.80. The normalized spacial score (nSPS) is 11.9. The summed E-state index contributed by atoms with van der Waals surface area (Å²) in [5.74, 6) is -1.11. The Morgan fingerprint density at radius 2 is 1.63 bits per heavy atom. The molecule has 0 unspecified atom stereocenters. The molecule has 0 aliphatic heterocycles. The smallest absolute Gasteiger partial charge is 0.328 e. The van der Waals surface area contributed by atoms with Gasteiger partial charge in [-0.15, -0.1) is 0 Å². The van der Waals surface area contributed by atoms with Gasteiger partial charge in [0.25, 0.3) is 5.91 Å². The number of esters is 1. The van der Waals surface area contributed by atoms with E-state index in [1.807, 2.05) is 30.3 Å². The number of hydrogen-bond donors (Lipinski definition) is 1. The molecule has 1 amide bonds. The zero-order chi connectivity index (χ0) is 29.7. The summed E-state index contributed by atoms with van der Waals surface area (Å²) < 4.78 is 25.4. The lowest BCUT2D eigenvalue weighted by Crippen LogP contribution is -2.43. The standard InChI is InChI=1S/C34H37FN2O4/c1-7-24-23(20-37(3)4)17-18-30(40-5)32(24)27-15-10-13-25-22(12-9-14-26(25)27)19-29(34(39)41-6)36-33(38)31-21(2)11-8-16-28(31)35/h8-18,29H,7,19-20H2,1-6H3,(H,36,38)/t29-/m0/s1. The largest absolute Gasteiger partial charge is 0.496 e. The van der Waals surface area contributed by atoms with Gasteiger partial charge in [-0.3, -0.25) is 4.79 Å². The fraction of sp³-hybridized carbons (Fsp3) is 0.294. The number of rotatable bonds is 10. The van der Waals surface area contributed by atoms with Crippen molar-refractivity contribution in [3.8, 4) is 16.9 Å². The third-order valence-corrected chi connectivity index (χ3v) is 7.38. The van der Waals surface area contributed by atoms with Crippen LogP contribution in [0.5, 0.6) is 5.75 Å². The minimum atomic E-state index is -1.01. The molecule has 4 aromatic carbocycles. The van der Waals surface area contributed by atoms with Crippen molar-refractivity contribution in [2.24, 2.45) is 0 Å². The van der Waals surface area contributed by atoms with E-state index < -0.39 is 23.7 Å². The summed E-state index contributed by atoms with van der Waals surface area (Å²) in [6.45, 7) is 4.61. The van der Waals surface area contributed by atoms with Crippen molar-refractivity contribution in [1.29, 1.82) is 0 Å². The Kier molecular flexibility index (Phi) is 9.40. The summed E-state index contributed by atoms with van der Waals surface area (Å²) in [7, 11) is 7.06. The number of amides is 1. The summed E-state index contributed by atoms with van der Waals surface area (Å²) in [6, 6.07) is 19.6. The molecule has 4 aromatic rings. The first-order chi connectivity index (χ1) is 19.7. The minimum Gasteiger partial charge on any atom is -0.496 e. The monoisotopic (exact) mass is 556 g/mol. The molecule has 1 atom stereocenters. The number of methoxy groups -OCH3 is 2. The fourth-order valence-corrected chi connectivity index (χ4v) is 5.50. The van der Waals surface area contributed by atoms with Gasteiger partial charge in [0.05, 0.1) is 19.8 Å². The summed E-state index contributed by atoms with van der Waals surface area (Å²) in [4.78, 5) is 28.1. The van der Waals surface area contributed by atoms with Gasteiger partial charge in [-0.1, -0.05) is 61.5 Å². The van der Waals surface area contributed by atoms with Gasteiger partial charge in [0.1, 0.15) is 17.6 Å². The number of nitrogens with one attached hydrogen (secondary N) is 1. The van der Waals surface area contributed by atoms with Crippen LogP contribution in [0.4, 0.5) is 4.39 Å². The number of hydrogen-bond acceptors (Lipinski definition) is 5. The Morgan fingerprint density at radius 1 is 0.927 bits per heavy atom. The number of ether oxygens (including phenoxy) is 2. The number of nitrogens with zero attached hydrogens (tertiary/aromatic N) is 1. The maximum absolute atomic E-state index is 14.5. The zero-order valence-corrected chi connectivity index (χ0v) is 24.5. The topological polar surface area (TPSA) is 67.9 Å². The number of carbonyl (C=O) groups excluding carboxylic acids is 2. The predicted octanol–water partition coefficient (Wildman–Crippen LogP) is 6.10. The molecule has 6 nitrogen and oxygen atoms in total. The molecule has 41 heavy (non-hydrogen) atoms. The maximum atomic E-state index is 14.5. The van der Waals surface area contributed by atoms with E-state index in [0.29, 0.717) is 5.56 Å². The first-order valence-corrected chi connectivity index (χ1v) is 13.7. The van der Waals surface area contributed by atoms with Crippen LogP contribution in [0.3, 0.4) is 0 Å². The Bertz CT molecular complexity index is 1560. The van der Waals surface area contributed by atoms with Gasteiger partial charge < -0.3 is 19.7 Å². The van der Waals surface area contributed by atoms with Crippen LogP contribution in [-0.2, 0) is 28.9 Å². The van der Waals surface area contributed by atoms with Crippen molar-refractivity contribution < 1.29 is 23.5 Å². The van der Waals surface area contributed by atoms with Gasteiger partial charge in [0, 0.05) is 18.5 Å². The first-order valence-electron chi connectivity index (χ1n) is 13.7. The van der Waals surface area contributed by atoms with Gasteiger partial charge >= 0.3 is 5.97 Å². The second-order valence-electron chi connectivity index (χ2n) is 10.4. The summed E-state index contributed by atoms with van der Waals surface area (Å²) in [5.41, 5.74) is 5.78. The zero-order valence-electron chi connectivity index (χ0n) is 24.5. The van der Waals surface area contributed by atoms with Crippen molar-refractivity contribution >= 4 is 22.6 Å². The highest BCUT2D eigenvalue weighted by atomic mass is 19.1. The van der Waals surface area contributed by atoms with Crippen LogP contribution in [0, 0.1) is 12.7 Å². The van der Waals surface area contributed by atoms with Crippen molar-refractivity contribution in [3.05, 3.63) is 100 Å². The molecule has 0 aliphatic carbocycles. The molecule has 214 valence electrons. The molecule has 0 spiro atoms. The third-order valence-electron chi connectivity index (χ3n) is 7.38. The molecule has 0 aromatic heterocycles. The van der Waals surface area contributed by atoms with Crippen LogP contribution in [0.1, 0.15) is 39.5 Å². The minimum absolute atomic E-state index is 0.0848. The van der Waals surface area contributed by atoms with Crippen molar-refractivity contribution in [1.82, 2.24) is 10.2 Å². The molecule has 0 aliphatic rings. The van der Waals surface area contributed by atoms with Gasteiger partial charge in [-0.2, -0.15) is 0 Å². The molecule has 7 heteroatoms. The summed E-state index contributed by atoms with van der Waals surface area (Å²) >= 11 is 0. The Morgan fingerprint density at radius 3 is 2.29 bits per heavy atom. The number of halogens is 1. The molecule has 0 fully saturated rings. The molecule has 0 saturated heterocycles. The van der Waals surface area contributed by atoms with Crippen molar-refractivity contribution in [2.45, 2.75) is 39.3 Å². The van der Waals surface area contributed by atoms with Crippen LogP contribution in [0.15, 0.2) is 66.7 Å². The average Bonchev–Trinajstić information content (AvgIpc) is 2.95. The summed E-state index contributed by atoms with van der Waals surface area (Å²) in [6.07, 6.45) is 1.00. The van der Waals surface area contributed by atoms with Crippen molar-refractivity contribution in [3.63, 3.8) is 0 Å². The molecular weight excluding hydrogens is 519 g/mol. The number of fused-ring (bicyclic) bond motifs is 1. The SMILES string of the molecule is CCc1c(CN(C)C)ccc(OC)c1-c1cccc2c(C[C@H](NC(=O)c3c(C)cccc3F)C(=O)OC)cccc12. The second-order valence-corrected chi connectivity index (χ2v) is 10.4. The number of carbonyl (C=O) groups is 2. The van der Waals surface area contributed by atoms with E-state index in [-0.39, 0.29) is 12.0 Å². The third kappa shape index (κ3) is 6.25. The first kappa shape index (κ1) is 29.7. The lowest BCUT2D eigenvalue weighted by atomic mass is 9.88. The van der Waals surface area contributed by atoms with Gasteiger partial charge in [-0.25, -0.2) is 9.18 Å². The molecule has 0 saturated carbocycles. The van der Waals surface area contributed by atoms with Crippen LogP contribution < -0.4 is 10.1 Å². The highest BCUT2D eigenvalue weighted by Crippen LogP contribution is 2.40. The van der Waals surface area contributed by atoms with E-state index in [1.54, 1.807) is 26.2 Å². The van der Waals surface area contributed by atoms with E-state index in [4.69, 9.17) is 9.47 Å². The van der Waals surface area contributed by atoms with E-state index in [2.05, 4.69) is 49.4 Å². The van der Waals surface area contributed by atoms with Crippen LogP contribution in [0.2, 0.25) is 0 Å². The number of benzene rings is 4. The van der Waals surface area contributed by atoms with Crippen molar-refractivity contribution in [2.75, 3.05) is 28.3 Å². The van der Waals surface area contributed by atoms with Crippen LogP contribution in [-0.4, -0.2) is 51.1 Å². The molecular formula is C34H37FN2O4. The quantitative estimate of drug-likeness (QED) is 0.239. The molecule has 0 radical (unpaired) electrons. The van der Waals surface area contributed by atoms with Gasteiger partial charge in [-0.05, 0) is 78.2 Å². The summed E-state index contributed by atoms with van der Waals surface area (Å²) in [5, 5.41) is 4.65. The highest BCUT2D eigenvalue weighted by Gasteiger charge is 2.26. The maximum Gasteiger partial charge on any atom is 0.328 e. The number of aryl methyl sites for hydroxylation is 1. The lowest BCUT2D eigenvalue weighted by Gasteiger charge is -2.22. The Labute approximate surface area is 241 Å². The van der Waals surface area contributed by atoms with Gasteiger partial charge in [0.2, 0.25) is 0 Å². The van der Waals surface area contributed by atoms with Crippen LogP contribution in [0.25, 0.3) is 21.9 Å². The highest BCUT2D eigenvalue weighted by molar-refractivity contribution is 6.01. The molecule has 4 rings (SSSR count). The van der Waals surface area contributed by atoms with Gasteiger partial charge in [0.15, 0.2) is 0 Å². The Hall–Kier alpha value is -4.23. The van der Waals surface area contributed by atoms with E-state index in [0.717, 1.165) is 46.2 Å². The molecule has 0 bridgehead atoms. The molecule has 0 heterocycles. The fourth-order valence-electron chi connectivity index (χ4n) is 5.50. The van der Waals surface area contributed by atoms with E-state index in [9.17, 15) is 14.0 Å². The van der Waals surface area contributed by atoms with E-state index >= 15 is 0 Å². The van der Waals surface area contributed by atoms with Crippen LogP contribution >= 0.6 is 0 Å². The lowest BCUT2D eigenvalue weighted by molar-refractivity contribution is -0.142. The molecule has 1 N–H and O–H groups in total.